The Balaban J connectivity index is 1.30. The lowest BCUT2D eigenvalue weighted by Crippen LogP contribution is -1.97. The van der Waals surface area contributed by atoms with Gasteiger partial charge in [0, 0.05) is 41.9 Å². The monoisotopic (exact) mass is 473 g/mol. The molecule has 5 aromatic heterocycles. The van der Waals surface area contributed by atoms with E-state index in [0.29, 0.717) is 53.3 Å². The van der Waals surface area contributed by atoms with Gasteiger partial charge in [-0.05, 0) is 18.2 Å². The van der Waals surface area contributed by atoms with Crippen molar-refractivity contribution in [1.82, 2.24) is 24.6 Å². The zero-order chi connectivity index (χ0) is 23.1. The predicted molar refractivity (Wildman–Crippen MR) is 126 cm³/mol. The quantitative estimate of drug-likeness (QED) is 0.304. The molecule has 170 valence electrons. The van der Waals surface area contributed by atoms with Crippen LogP contribution in [-0.4, -0.2) is 31.7 Å². The largest absolute Gasteiger partial charge is 0.496 e. The molecule has 0 aliphatic carbocycles. The van der Waals surface area contributed by atoms with Crippen LogP contribution in [0.25, 0.3) is 38.8 Å². The van der Waals surface area contributed by atoms with Crippen molar-refractivity contribution in [3.8, 4) is 33.5 Å². The summed E-state index contributed by atoms with van der Waals surface area (Å²) in [6, 6.07) is 9.44. The fourth-order valence-corrected chi connectivity index (χ4v) is 4.41. The summed E-state index contributed by atoms with van der Waals surface area (Å²) in [5, 5.41) is 8.08. The van der Waals surface area contributed by atoms with Crippen molar-refractivity contribution >= 4 is 28.2 Å². The molecule has 0 fully saturated rings. The summed E-state index contributed by atoms with van der Waals surface area (Å²) < 4.78 is 24.9. The molecule has 1 aromatic carbocycles. The Labute approximate surface area is 197 Å². The van der Waals surface area contributed by atoms with Gasteiger partial charge in [-0.15, -0.1) is 16.4 Å². The Bertz CT molecular complexity index is 1570. The fourth-order valence-electron chi connectivity index (χ4n) is 3.60. The minimum absolute atomic E-state index is 0.311. The van der Waals surface area contributed by atoms with Gasteiger partial charge in [0.2, 0.25) is 5.89 Å². The Morgan fingerprint density at radius 2 is 1.97 bits per heavy atom. The van der Waals surface area contributed by atoms with Gasteiger partial charge >= 0.3 is 5.84 Å². The van der Waals surface area contributed by atoms with E-state index in [1.165, 1.54) is 0 Å². The highest BCUT2D eigenvalue weighted by molar-refractivity contribution is 7.13. The number of rotatable bonds is 7. The van der Waals surface area contributed by atoms with E-state index in [0.717, 1.165) is 21.7 Å². The summed E-state index contributed by atoms with van der Waals surface area (Å²) in [6.45, 7) is 2.29. The summed E-state index contributed by atoms with van der Waals surface area (Å²) in [5.41, 5.74) is 3.12. The molecule has 6 aromatic rings. The highest BCUT2D eigenvalue weighted by atomic mass is 32.1. The molecule has 0 spiro atoms. The van der Waals surface area contributed by atoms with Crippen LogP contribution in [0.2, 0.25) is 0 Å². The molecule has 6 rings (SSSR count). The summed E-state index contributed by atoms with van der Waals surface area (Å²) >= 11 is 1.57. The number of ether oxygens (including phenoxy) is 2. The molecule has 0 aliphatic rings. The minimum atomic E-state index is 0.311. The highest BCUT2D eigenvalue weighted by Crippen LogP contribution is 2.37. The van der Waals surface area contributed by atoms with E-state index < -0.39 is 0 Å². The first-order valence-electron chi connectivity index (χ1n) is 10.6. The molecule has 0 saturated heterocycles. The van der Waals surface area contributed by atoms with E-state index in [1.807, 2.05) is 42.6 Å². The third kappa shape index (κ3) is 3.67. The molecular weight excluding hydrogens is 454 g/mol. The lowest BCUT2D eigenvalue weighted by molar-refractivity contribution is 0.303. The van der Waals surface area contributed by atoms with Crippen LogP contribution < -0.4 is 9.47 Å². The smallest absolute Gasteiger partial charge is 0.325 e. The first-order chi connectivity index (χ1) is 16.7. The van der Waals surface area contributed by atoms with Gasteiger partial charge in [0.1, 0.15) is 34.4 Å². The van der Waals surface area contributed by atoms with Crippen LogP contribution in [0, 0.1) is 0 Å². The molecule has 0 radical (unpaired) electrons. The lowest BCUT2D eigenvalue weighted by atomic mass is 10.2. The number of aryl methyl sites for hydroxylation is 1. The third-order valence-corrected chi connectivity index (χ3v) is 6.24. The van der Waals surface area contributed by atoms with Gasteiger partial charge in [0.05, 0.1) is 24.4 Å². The number of fused-ring (bicyclic) bond motifs is 2. The van der Waals surface area contributed by atoms with Crippen LogP contribution >= 0.6 is 11.3 Å². The van der Waals surface area contributed by atoms with Crippen molar-refractivity contribution in [1.29, 1.82) is 0 Å². The van der Waals surface area contributed by atoms with Crippen LogP contribution in [0.3, 0.4) is 0 Å². The maximum Gasteiger partial charge on any atom is 0.325 e. The van der Waals surface area contributed by atoms with Crippen LogP contribution in [0.5, 0.6) is 11.5 Å². The Kier molecular flexibility index (Phi) is 4.99. The predicted octanol–water partition coefficient (Wildman–Crippen LogP) is 5.40. The van der Waals surface area contributed by atoms with Crippen molar-refractivity contribution in [3.63, 3.8) is 0 Å². The third-order valence-electron chi connectivity index (χ3n) is 5.30. The van der Waals surface area contributed by atoms with Crippen LogP contribution in [0.1, 0.15) is 18.5 Å². The van der Waals surface area contributed by atoms with Crippen LogP contribution in [-0.2, 0) is 13.0 Å². The van der Waals surface area contributed by atoms with Crippen molar-refractivity contribution < 1.29 is 18.3 Å². The fraction of sp³-hybridized carbons (Fsp3) is 0.167. The summed E-state index contributed by atoms with van der Waals surface area (Å²) in [4.78, 5) is 13.2. The molecule has 0 N–H and O–H groups in total. The van der Waals surface area contributed by atoms with Crippen molar-refractivity contribution in [3.05, 3.63) is 65.9 Å². The molecule has 0 amide bonds. The first-order valence-corrected chi connectivity index (χ1v) is 11.5. The van der Waals surface area contributed by atoms with E-state index in [2.05, 4.69) is 20.1 Å². The molecule has 0 atom stereocenters. The van der Waals surface area contributed by atoms with Crippen LogP contribution in [0.15, 0.2) is 63.1 Å². The number of hydrogen-bond donors (Lipinski definition) is 0. The molecule has 5 heterocycles. The molecule has 9 nitrogen and oxygen atoms in total. The number of pyridine rings is 1. The number of benzene rings is 1. The SMILES string of the molecule is CCc1nn2cc(-c3cc4c(OCc5csc(-c6ccncc6)n5)cc(OC)cc4o3)nc2o1. The van der Waals surface area contributed by atoms with Gasteiger partial charge in [-0.25, -0.2) is 4.98 Å². The number of aromatic nitrogens is 5. The van der Waals surface area contributed by atoms with E-state index in [4.69, 9.17) is 18.3 Å². The average Bonchev–Trinajstić information content (AvgIpc) is 3.65. The van der Waals surface area contributed by atoms with Gasteiger partial charge in [-0.3, -0.25) is 4.98 Å². The second-order valence-electron chi connectivity index (χ2n) is 7.52. The molecule has 0 bridgehead atoms. The molecule has 10 heteroatoms. The van der Waals surface area contributed by atoms with Gasteiger partial charge in [-0.2, -0.15) is 9.50 Å². The van der Waals surface area contributed by atoms with Gasteiger partial charge in [0.15, 0.2) is 5.76 Å². The van der Waals surface area contributed by atoms with E-state index in [9.17, 15) is 0 Å². The van der Waals surface area contributed by atoms with Crippen molar-refractivity contribution in [2.24, 2.45) is 0 Å². The van der Waals surface area contributed by atoms with Gasteiger partial charge in [-0.1, -0.05) is 6.92 Å². The standard InChI is InChI=1S/C24H19N5O4S/c1-3-22-28-29-11-18(27-24(29)33-22)21-10-17-19(8-16(30-2)9-20(17)32-21)31-12-15-13-34-23(26-15)14-4-6-25-7-5-14/h4-11,13H,3,12H2,1-2H3. The van der Waals surface area contributed by atoms with Gasteiger partial charge in [0.25, 0.3) is 0 Å². The van der Waals surface area contributed by atoms with E-state index in [1.54, 1.807) is 41.6 Å². The number of thiazole rings is 1. The minimum Gasteiger partial charge on any atom is -0.496 e. The van der Waals surface area contributed by atoms with Gasteiger partial charge < -0.3 is 18.3 Å². The second kappa shape index (κ2) is 8.31. The van der Waals surface area contributed by atoms with Crippen molar-refractivity contribution in [2.75, 3.05) is 7.11 Å². The molecular formula is C24H19N5O4S. The maximum absolute atomic E-state index is 6.16. The number of nitrogens with zero attached hydrogens (tertiary/aromatic N) is 5. The lowest BCUT2D eigenvalue weighted by Gasteiger charge is -2.07. The highest BCUT2D eigenvalue weighted by Gasteiger charge is 2.17. The Morgan fingerprint density at radius 3 is 2.76 bits per heavy atom. The number of methoxy groups -OCH3 is 1. The number of hydrogen-bond acceptors (Lipinski definition) is 9. The summed E-state index contributed by atoms with van der Waals surface area (Å²) in [6.07, 6.45) is 5.99. The zero-order valence-corrected chi connectivity index (χ0v) is 19.2. The molecule has 0 unspecified atom stereocenters. The number of imidazole rings is 1. The molecule has 0 saturated carbocycles. The molecule has 34 heavy (non-hydrogen) atoms. The normalized spacial score (nSPS) is 11.5. The first kappa shape index (κ1) is 20.4. The van der Waals surface area contributed by atoms with Crippen molar-refractivity contribution in [2.45, 2.75) is 20.0 Å². The van der Waals surface area contributed by atoms with E-state index in [-0.39, 0.29) is 0 Å². The summed E-state index contributed by atoms with van der Waals surface area (Å²) in [5.74, 6) is 2.91. The Hall–Kier alpha value is -4.18. The Morgan fingerprint density at radius 1 is 1.09 bits per heavy atom. The molecule has 0 aliphatic heterocycles. The topological polar surface area (TPSA) is 101 Å². The second-order valence-corrected chi connectivity index (χ2v) is 8.38. The average molecular weight is 474 g/mol. The van der Waals surface area contributed by atoms with E-state index >= 15 is 0 Å². The zero-order valence-electron chi connectivity index (χ0n) is 18.4. The van der Waals surface area contributed by atoms with Crippen LogP contribution in [0.4, 0.5) is 0 Å². The summed E-state index contributed by atoms with van der Waals surface area (Å²) in [7, 11) is 1.61. The number of furan rings is 1. The maximum atomic E-state index is 6.16.